The number of carbonyl (C=O) groups is 2. The van der Waals surface area contributed by atoms with E-state index in [2.05, 4.69) is 22.9 Å². The van der Waals surface area contributed by atoms with E-state index in [1.165, 1.54) is 20.3 Å². The molecule has 0 radical (unpaired) electrons. The lowest BCUT2D eigenvalue weighted by Gasteiger charge is -2.29. The van der Waals surface area contributed by atoms with Gasteiger partial charge in [-0.15, -0.1) is 0 Å². The van der Waals surface area contributed by atoms with Crippen molar-refractivity contribution < 1.29 is 19.4 Å². The lowest BCUT2D eigenvalue weighted by Crippen LogP contribution is -2.43. The molecule has 2 aromatic carbocycles. The van der Waals surface area contributed by atoms with Gasteiger partial charge in [0.15, 0.2) is 5.60 Å². The molecule has 1 aliphatic heterocycles. The fourth-order valence-corrected chi connectivity index (χ4v) is 5.34. The standard InChI is InChI=1S/C29H35BrN2O4/c1-4-5-9-25-31-29(16-7-6-8-17-29)26(33)32(25)19-20-10-12-21(13-11-20)23-18-22(30)14-15-24(23)36-28(2,3)27(34)35/h10-15,18H,4-9,16-17,19H2,1-3H3,(H,34,35). The number of carboxylic acids is 1. The zero-order valence-corrected chi connectivity index (χ0v) is 22.9. The smallest absolute Gasteiger partial charge is 0.347 e. The van der Waals surface area contributed by atoms with Gasteiger partial charge in [0.25, 0.3) is 5.91 Å². The quantitative estimate of drug-likeness (QED) is 0.362. The second kappa shape index (κ2) is 10.8. The first kappa shape index (κ1) is 26.4. The molecule has 0 aromatic heterocycles. The van der Waals surface area contributed by atoms with E-state index in [0.29, 0.717) is 12.3 Å². The predicted molar refractivity (Wildman–Crippen MR) is 145 cm³/mol. The minimum absolute atomic E-state index is 0.163. The van der Waals surface area contributed by atoms with Crippen molar-refractivity contribution in [2.24, 2.45) is 4.99 Å². The first-order valence-corrected chi connectivity index (χ1v) is 13.7. The molecule has 0 atom stereocenters. The molecule has 36 heavy (non-hydrogen) atoms. The van der Waals surface area contributed by atoms with Crippen LogP contribution in [0.4, 0.5) is 0 Å². The fourth-order valence-electron chi connectivity index (χ4n) is 4.98. The molecule has 6 nitrogen and oxygen atoms in total. The molecule has 192 valence electrons. The Bertz CT molecular complexity index is 1150. The Labute approximate surface area is 221 Å². The lowest BCUT2D eigenvalue weighted by molar-refractivity contribution is -0.152. The molecule has 1 heterocycles. The number of aliphatic carboxylic acids is 1. The first-order valence-electron chi connectivity index (χ1n) is 12.9. The number of unbranched alkanes of at least 4 members (excludes halogenated alkanes) is 1. The molecule has 4 rings (SSSR count). The normalized spacial score (nSPS) is 17.4. The highest BCUT2D eigenvalue weighted by Crippen LogP contribution is 2.39. The molecule has 0 unspecified atom stereocenters. The van der Waals surface area contributed by atoms with Gasteiger partial charge in [-0.3, -0.25) is 14.7 Å². The van der Waals surface area contributed by atoms with E-state index < -0.39 is 17.1 Å². The van der Waals surface area contributed by atoms with Crippen LogP contribution in [0.5, 0.6) is 5.75 Å². The third-order valence-corrected chi connectivity index (χ3v) is 7.65. The molecule has 2 aliphatic rings. The van der Waals surface area contributed by atoms with Crippen LogP contribution < -0.4 is 4.74 Å². The number of hydrogen-bond donors (Lipinski definition) is 1. The van der Waals surface area contributed by atoms with Crippen molar-refractivity contribution in [2.75, 3.05) is 0 Å². The van der Waals surface area contributed by atoms with Crippen LogP contribution in [0.1, 0.15) is 77.7 Å². The van der Waals surface area contributed by atoms with Crippen molar-refractivity contribution in [3.05, 3.63) is 52.5 Å². The number of hydrogen-bond acceptors (Lipinski definition) is 4. The summed E-state index contributed by atoms with van der Waals surface area (Å²) in [4.78, 5) is 32.1. The summed E-state index contributed by atoms with van der Waals surface area (Å²) in [6, 6.07) is 13.6. The molecule has 1 saturated carbocycles. The van der Waals surface area contributed by atoms with Gasteiger partial charge in [0.05, 0.1) is 6.54 Å². The Hall–Kier alpha value is -2.67. The van der Waals surface area contributed by atoms with Gasteiger partial charge in [0.1, 0.15) is 17.1 Å². The Morgan fingerprint density at radius 3 is 2.47 bits per heavy atom. The largest absolute Gasteiger partial charge is 0.478 e. The summed E-state index contributed by atoms with van der Waals surface area (Å²) in [5.74, 6) is 0.571. The summed E-state index contributed by atoms with van der Waals surface area (Å²) in [6.45, 7) is 5.74. The predicted octanol–water partition coefficient (Wildman–Crippen LogP) is 6.99. The average Bonchev–Trinajstić information content (AvgIpc) is 3.10. The number of nitrogens with zero attached hydrogens (tertiary/aromatic N) is 2. The number of halogens is 1. The van der Waals surface area contributed by atoms with E-state index in [0.717, 1.165) is 71.9 Å². The van der Waals surface area contributed by atoms with Crippen molar-refractivity contribution in [2.45, 2.75) is 89.8 Å². The monoisotopic (exact) mass is 554 g/mol. The minimum Gasteiger partial charge on any atom is -0.478 e. The first-order chi connectivity index (χ1) is 17.1. The van der Waals surface area contributed by atoms with E-state index >= 15 is 0 Å². The van der Waals surface area contributed by atoms with Crippen molar-refractivity contribution in [3.63, 3.8) is 0 Å². The van der Waals surface area contributed by atoms with Gasteiger partial charge in [-0.25, -0.2) is 4.79 Å². The number of rotatable bonds is 9. The number of ether oxygens (including phenoxy) is 1. The molecule has 2 aromatic rings. The topological polar surface area (TPSA) is 79.2 Å². The molecule has 1 aliphatic carbocycles. The maximum absolute atomic E-state index is 13.6. The molecule has 1 N–H and O–H groups in total. The van der Waals surface area contributed by atoms with Gasteiger partial charge in [0, 0.05) is 16.5 Å². The highest BCUT2D eigenvalue weighted by atomic mass is 79.9. The Morgan fingerprint density at radius 1 is 1.14 bits per heavy atom. The highest BCUT2D eigenvalue weighted by Gasteiger charge is 2.48. The summed E-state index contributed by atoms with van der Waals surface area (Å²) >= 11 is 3.51. The van der Waals surface area contributed by atoms with Crippen molar-refractivity contribution >= 4 is 33.6 Å². The summed E-state index contributed by atoms with van der Waals surface area (Å²) in [5, 5.41) is 9.50. The summed E-state index contributed by atoms with van der Waals surface area (Å²) in [5.41, 5.74) is 0.844. The van der Waals surface area contributed by atoms with E-state index in [-0.39, 0.29) is 5.91 Å². The molecule has 0 bridgehead atoms. The molecule has 1 fully saturated rings. The van der Waals surface area contributed by atoms with Crippen molar-refractivity contribution in [3.8, 4) is 16.9 Å². The fraction of sp³-hybridized carbons (Fsp3) is 0.483. The Kier molecular flexibility index (Phi) is 7.88. The van der Waals surface area contributed by atoms with Crippen LogP contribution in [-0.2, 0) is 16.1 Å². The SMILES string of the molecule is CCCCC1=NC2(CCCCC2)C(=O)N1Cc1ccc(-c2cc(Br)ccc2OC(C)(C)C(=O)O)cc1. The second-order valence-electron chi connectivity index (χ2n) is 10.4. The van der Waals surface area contributed by atoms with Crippen LogP contribution in [0.15, 0.2) is 51.9 Å². The zero-order valence-electron chi connectivity index (χ0n) is 21.3. The lowest BCUT2D eigenvalue weighted by atomic mass is 9.82. The number of benzene rings is 2. The van der Waals surface area contributed by atoms with Crippen molar-refractivity contribution in [1.29, 1.82) is 0 Å². The van der Waals surface area contributed by atoms with Gasteiger partial charge in [-0.1, -0.05) is 72.8 Å². The van der Waals surface area contributed by atoms with Gasteiger partial charge < -0.3 is 9.84 Å². The highest BCUT2D eigenvalue weighted by molar-refractivity contribution is 9.10. The van der Waals surface area contributed by atoms with Crippen LogP contribution in [0.2, 0.25) is 0 Å². The van der Waals surface area contributed by atoms with E-state index in [9.17, 15) is 14.7 Å². The zero-order chi connectivity index (χ0) is 25.9. The summed E-state index contributed by atoms with van der Waals surface area (Å²) < 4.78 is 6.76. The molecule has 0 saturated heterocycles. The minimum atomic E-state index is -1.36. The van der Waals surface area contributed by atoms with Crippen LogP contribution in [0, 0.1) is 0 Å². The maximum Gasteiger partial charge on any atom is 0.347 e. The van der Waals surface area contributed by atoms with Crippen LogP contribution in [0.3, 0.4) is 0 Å². The number of carboxylic acid groups (broad SMARTS) is 1. The molecular formula is C29H35BrN2O4. The Balaban J connectivity index is 1.57. The third-order valence-electron chi connectivity index (χ3n) is 7.16. The molecule has 1 amide bonds. The van der Waals surface area contributed by atoms with Crippen LogP contribution in [-0.4, -0.2) is 38.9 Å². The van der Waals surface area contributed by atoms with Gasteiger partial charge >= 0.3 is 5.97 Å². The summed E-state index contributed by atoms with van der Waals surface area (Å²) in [7, 11) is 0. The van der Waals surface area contributed by atoms with Gasteiger partial charge in [-0.05, 0) is 62.4 Å². The number of carbonyl (C=O) groups excluding carboxylic acids is 1. The second-order valence-corrected chi connectivity index (χ2v) is 11.3. The maximum atomic E-state index is 13.6. The number of aliphatic imine (C=N–C) groups is 1. The molecular weight excluding hydrogens is 520 g/mol. The average molecular weight is 556 g/mol. The number of amides is 1. The van der Waals surface area contributed by atoms with E-state index in [4.69, 9.17) is 9.73 Å². The molecule has 1 spiro atoms. The third kappa shape index (κ3) is 5.51. The van der Waals surface area contributed by atoms with Crippen LogP contribution in [0.25, 0.3) is 11.1 Å². The van der Waals surface area contributed by atoms with Crippen LogP contribution >= 0.6 is 15.9 Å². The van der Waals surface area contributed by atoms with Gasteiger partial charge in [0.2, 0.25) is 0 Å². The number of amidine groups is 1. The summed E-state index contributed by atoms with van der Waals surface area (Å²) in [6.07, 6.45) is 7.95. The van der Waals surface area contributed by atoms with E-state index in [1.54, 1.807) is 6.07 Å². The Morgan fingerprint density at radius 2 is 1.83 bits per heavy atom. The van der Waals surface area contributed by atoms with Gasteiger partial charge in [-0.2, -0.15) is 0 Å². The van der Waals surface area contributed by atoms with Crippen molar-refractivity contribution in [1.82, 2.24) is 4.90 Å². The van der Waals surface area contributed by atoms with E-state index in [1.807, 2.05) is 41.3 Å². The molecule has 7 heteroatoms.